The highest BCUT2D eigenvalue weighted by Crippen LogP contribution is 2.09. The first-order chi connectivity index (χ1) is 7.83. The summed E-state index contributed by atoms with van der Waals surface area (Å²) in [5, 5.41) is -0.206. The fourth-order valence-corrected chi connectivity index (χ4v) is 1.95. The van der Waals surface area contributed by atoms with E-state index < -0.39 is 15.9 Å². The number of thiocarbonyl (C=S) groups is 1. The van der Waals surface area contributed by atoms with Gasteiger partial charge in [-0.25, -0.2) is 8.42 Å². The lowest BCUT2D eigenvalue weighted by Crippen LogP contribution is -2.44. The molecule has 1 aromatic carbocycles. The van der Waals surface area contributed by atoms with Gasteiger partial charge in [0.25, 0.3) is 10.0 Å². The van der Waals surface area contributed by atoms with Crippen LogP contribution in [0.1, 0.15) is 10.4 Å². The number of benzene rings is 1. The fraction of sp³-hybridized carbons (Fsp3) is 0. The van der Waals surface area contributed by atoms with Crippen LogP contribution in [0.4, 0.5) is 0 Å². The first-order valence-corrected chi connectivity index (χ1v) is 6.19. The Kier molecular flexibility index (Phi) is 3.99. The number of nitrogens with two attached hydrogens (primary N) is 2. The molecule has 1 aromatic rings. The smallest absolute Gasteiger partial charge is 0.257 e. The second kappa shape index (κ2) is 5.08. The van der Waals surface area contributed by atoms with Gasteiger partial charge in [0, 0.05) is 5.56 Å². The monoisotopic (exact) mass is 274 g/mol. The minimum atomic E-state index is -3.78. The molecule has 7 nitrogen and oxygen atoms in total. The van der Waals surface area contributed by atoms with Gasteiger partial charge in [-0.2, -0.15) is 0 Å². The Labute approximate surface area is 103 Å². The van der Waals surface area contributed by atoms with Crippen LogP contribution in [0.15, 0.2) is 29.2 Å². The van der Waals surface area contributed by atoms with Crippen molar-refractivity contribution in [2.45, 2.75) is 4.90 Å². The molecule has 0 atom stereocenters. The van der Waals surface area contributed by atoms with Crippen molar-refractivity contribution in [1.82, 2.24) is 10.3 Å². The summed E-state index contributed by atoms with van der Waals surface area (Å²) in [7, 11) is -3.78. The summed E-state index contributed by atoms with van der Waals surface area (Å²) < 4.78 is 23.2. The fourth-order valence-electron chi connectivity index (χ4n) is 0.975. The van der Waals surface area contributed by atoms with Crippen molar-refractivity contribution in [2.75, 3.05) is 0 Å². The lowest BCUT2D eigenvalue weighted by Gasteiger charge is -2.07. The maximum atomic E-state index is 11.6. The lowest BCUT2D eigenvalue weighted by atomic mass is 10.2. The first kappa shape index (κ1) is 13.4. The van der Waals surface area contributed by atoms with Gasteiger partial charge in [0.05, 0.1) is 4.90 Å². The second-order valence-corrected chi connectivity index (χ2v) is 5.11. The van der Waals surface area contributed by atoms with Gasteiger partial charge in [0.2, 0.25) is 5.91 Å². The molecule has 0 heterocycles. The Balaban J connectivity index is 2.92. The van der Waals surface area contributed by atoms with E-state index in [9.17, 15) is 13.2 Å². The van der Waals surface area contributed by atoms with Crippen LogP contribution in [0.3, 0.4) is 0 Å². The van der Waals surface area contributed by atoms with Gasteiger partial charge in [-0.3, -0.25) is 10.2 Å². The van der Waals surface area contributed by atoms with Crippen LogP contribution >= 0.6 is 12.2 Å². The van der Waals surface area contributed by atoms with Crippen LogP contribution in [0.2, 0.25) is 0 Å². The van der Waals surface area contributed by atoms with Gasteiger partial charge in [-0.15, -0.1) is 4.83 Å². The van der Waals surface area contributed by atoms with Crippen LogP contribution in [-0.4, -0.2) is 19.4 Å². The van der Waals surface area contributed by atoms with Crippen molar-refractivity contribution in [1.29, 1.82) is 0 Å². The van der Waals surface area contributed by atoms with Gasteiger partial charge in [-0.05, 0) is 36.5 Å². The number of carbonyl (C=O) groups is 1. The molecule has 1 rings (SSSR count). The number of hydrazine groups is 1. The van der Waals surface area contributed by atoms with Crippen LogP contribution in [0.5, 0.6) is 0 Å². The van der Waals surface area contributed by atoms with Crippen LogP contribution in [0.25, 0.3) is 0 Å². The van der Waals surface area contributed by atoms with Crippen molar-refractivity contribution in [2.24, 2.45) is 11.5 Å². The lowest BCUT2D eigenvalue weighted by molar-refractivity contribution is 0.1000. The average molecular weight is 274 g/mol. The summed E-state index contributed by atoms with van der Waals surface area (Å²) in [5.41, 5.74) is 12.4. The molecule has 0 spiro atoms. The van der Waals surface area contributed by atoms with Gasteiger partial charge in [0.15, 0.2) is 5.11 Å². The van der Waals surface area contributed by atoms with Gasteiger partial charge in [0.1, 0.15) is 0 Å². The Morgan fingerprint density at radius 2 is 1.71 bits per heavy atom. The molecule has 0 aromatic heterocycles. The third-order valence-corrected chi connectivity index (χ3v) is 3.12. The highest BCUT2D eigenvalue weighted by molar-refractivity contribution is 7.89. The molecule has 0 aliphatic heterocycles. The summed E-state index contributed by atoms with van der Waals surface area (Å²) in [6.45, 7) is 0. The molecule has 0 aliphatic carbocycles. The maximum absolute atomic E-state index is 11.6. The Hall–Kier alpha value is -1.71. The molecule has 0 aliphatic rings. The number of nitrogens with one attached hydrogen (secondary N) is 2. The summed E-state index contributed by atoms with van der Waals surface area (Å²) in [6.07, 6.45) is 0. The molecule has 17 heavy (non-hydrogen) atoms. The van der Waals surface area contributed by atoms with E-state index in [-0.39, 0.29) is 15.6 Å². The molecule has 6 N–H and O–H groups in total. The molecular formula is C8H10N4O3S2. The van der Waals surface area contributed by atoms with Crippen molar-refractivity contribution in [3.05, 3.63) is 29.8 Å². The molecule has 1 amide bonds. The van der Waals surface area contributed by atoms with Crippen molar-refractivity contribution in [3.8, 4) is 0 Å². The quantitative estimate of drug-likeness (QED) is 0.404. The molecular weight excluding hydrogens is 264 g/mol. The predicted molar refractivity (Wildman–Crippen MR) is 65.2 cm³/mol. The maximum Gasteiger partial charge on any atom is 0.257 e. The third-order valence-electron chi connectivity index (χ3n) is 1.76. The Morgan fingerprint density at radius 3 is 2.12 bits per heavy atom. The number of hydrogen-bond acceptors (Lipinski definition) is 4. The zero-order chi connectivity index (χ0) is 13.1. The Bertz CT molecular complexity index is 538. The first-order valence-electron chi connectivity index (χ1n) is 4.30. The topological polar surface area (TPSA) is 127 Å². The van der Waals surface area contributed by atoms with Crippen LogP contribution < -0.4 is 21.7 Å². The summed E-state index contributed by atoms with van der Waals surface area (Å²) in [6, 6.07) is 5.09. The zero-order valence-corrected chi connectivity index (χ0v) is 10.1. The highest BCUT2D eigenvalue weighted by atomic mass is 32.2. The standard InChI is InChI=1S/C8H10N4O3S2/c9-7(13)5-1-3-6(4-2-5)17(14,15)12-11-8(10)16/h1-4,12H,(H2,9,13)(H3,10,11,16). The molecule has 92 valence electrons. The van der Waals surface area contributed by atoms with E-state index >= 15 is 0 Å². The van der Waals surface area contributed by atoms with Crippen LogP contribution in [-0.2, 0) is 10.0 Å². The van der Waals surface area contributed by atoms with Crippen molar-refractivity contribution >= 4 is 33.3 Å². The van der Waals surface area contributed by atoms with Gasteiger partial charge < -0.3 is 11.5 Å². The largest absolute Gasteiger partial charge is 0.375 e. The van der Waals surface area contributed by atoms with E-state index in [1.165, 1.54) is 24.3 Å². The van der Waals surface area contributed by atoms with Gasteiger partial charge >= 0.3 is 0 Å². The number of carbonyl (C=O) groups excluding carboxylic acids is 1. The van der Waals surface area contributed by atoms with Crippen molar-refractivity contribution < 1.29 is 13.2 Å². The summed E-state index contributed by atoms with van der Waals surface area (Å²) in [4.78, 5) is 12.7. The van der Waals surface area contributed by atoms with E-state index in [0.717, 1.165) is 0 Å². The predicted octanol–water partition coefficient (Wildman–Crippen LogP) is -1.19. The van der Waals surface area contributed by atoms with E-state index in [1.54, 1.807) is 0 Å². The number of amides is 1. The third kappa shape index (κ3) is 3.66. The zero-order valence-electron chi connectivity index (χ0n) is 8.51. The van der Waals surface area contributed by atoms with Crippen LogP contribution in [0, 0.1) is 0 Å². The molecule has 9 heteroatoms. The molecule has 0 radical (unpaired) electrons. The summed E-state index contributed by atoms with van der Waals surface area (Å²) in [5.74, 6) is -0.636. The molecule has 0 saturated heterocycles. The van der Waals surface area contributed by atoms with Gasteiger partial charge in [-0.1, -0.05) is 0 Å². The highest BCUT2D eigenvalue weighted by Gasteiger charge is 2.13. The average Bonchev–Trinajstić information content (AvgIpc) is 2.27. The van der Waals surface area contributed by atoms with Crippen molar-refractivity contribution in [3.63, 3.8) is 0 Å². The van der Waals surface area contributed by atoms with E-state index in [4.69, 9.17) is 11.5 Å². The number of rotatable bonds is 4. The molecule has 0 unspecified atom stereocenters. The second-order valence-electron chi connectivity index (χ2n) is 2.98. The van der Waals surface area contributed by atoms with E-state index in [2.05, 4.69) is 17.6 Å². The molecule has 0 fully saturated rings. The number of primary amides is 1. The van der Waals surface area contributed by atoms with E-state index in [1.807, 2.05) is 4.83 Å². The molecule has 0 saturated carbocycles. The normalized spacial score (nSPS) is 10.8. The SMILES string of the molecule is NC(=O)c1ccc(S(=O)(=O)NNC(N)=S)cc1. The number of sulfonamides is 1. The Morgan fingerprint density at radius 1 is 1.18 bits per heavy atom. The summed E-state index contributed by atoms with van der Waals surface area (Å²) >= 11 is 4.45. The minimum absolute atomic E-state index is 0.0498. The number of hydrogen-bond donors (Lipinski definition) is 4. The van der Waals surface area contributed by atoms with E-state index in [0.29, 0.717) is 0 Å². The minimum Gasteiger partial charge on any atom is -0.375 e. The molecule has 0 bridgehead atoms.